The average molecular weight is 250 g/mol. The zero-order valence-corrected chi connectivity index (χ0v) is 11.8. The minimum absolute atomic E-state index is 0.425. The van der Waals surface area contributed by atoms with Crippen molar-refractivity contribution in [1.29, 1.82) is 0 Å². The highest BCUT2D eigenvalue weighted by Gasteiger charge is 2.34. The van der Waals surface area contributed by atoms with Gasteiger partial charge in [-0.05, 0) is 31.2 Å². The van der Waals surface area contributed by atoms with Gasteiger partial charge in [0.25, 0.3) is 0 Å². The van der Waals surface area contributed by atoms with Crippen molar-refractivity contribution in [3.05, 3.63) is 12.2 Å². The van der Waals surface area contributed by atoms with Crippen molar-refractivity contribution in [3.63, 3.8) is 0 Å². The SMILES string of the molecule is CCCn1ncnc1CC1(CNCC)CCCC1. The minimum atomic E-state index is 0.425. The van der Waals surface area contributed by atoms with E-state index in [1.807, 2.05) is 0 Å². The van der Waals surface area contributed by atoms with Crippen molar-refractivity contribution in [2.45, 2.75) is 58.9 Å². The lowest BCUT2D eigenvalue weighted by atomic mass is 9.82. The molecule has 1 heterocycles. The van der Waals surface area contributed by atoms with Crippen LogP contribution in [0.2, 0.25) is 0 Å². The Morgan fingerprint density at radius 1 is 1.33 bits per heavy atom. The maximum atomic E-state index is 4.48. The predicted molar refractivity (Wildman–Crippen MR) is 73.5 cm³/mol. The van der Waals surface area contributed by atoms with Crippen LogP contribution in [0.1, 0.15) is 51.8 Å². The molecular formula is C14H26N4. The molecule has 18 heavy (non-hydrogen) atoms. The molecule has 102 valence electrons. The van der Waals surface area contributed by atoms with Crippen molar-refractivity contribution < 1.29 is 0 Å². The van der Waals surface area contributed by atoms with E-state index in [4.69, 9.17) is 0 Å². The van der Waals surface area contributed by atoms with Crippen molar-refractivity contribution in [2.24, 2.45) is 5.41 Å². The molecule has 0 amide bonds. The van der Waals surface area contributed by atoms with Crippen LogP contribution in [0, 0.1) is 5.41 Å². The molecule has 0 unspecified atom stereocenters. The fourth-order valence-electron chi connectivity index (χ4n) is 3.09. The smallest absolute Gasteiger partial charge is 0.138 e. The van der Waals surface area contributed by atoms with Gasteiger partial charge in [-0.1, -0.05) is 26.7 Å². The summed E-state index contributed by atoms with van der Waals surface area (Å²) in [6, 6.07) is 0. The minimum Gasteiger partial charge on any atom is -0.316 e. The van der Waals surface area contributed by atoms with Crippen LogP contribution in [0.3, 0.4) is 0 Å². The Morgan fingerprint density at radius 2 is 2.11 bits per heavy atom. The summed E-state index contributed by atoms with van der Waals surface area (Å²) < 4.78 is 2.09. The van der Waals surface area contributed by atoms with Gasteiger partial charge in [-0.25, -0.2) is 4.98 Å². The van der Waals surface area contributed by atoms with Gasteiger partial charge in [0.2, 0.25) is 0 Å². The third-order valence-corrected chi connectivity index (χ3v) is 4.08. The van der Waals surface area contributed by atoms with E-state index in [1.165, 1.54) is 31.5 Å². The Bertz CT molecular complexity index is 352. The van der Waals surface area contributed by atoms with Crippen LogP contribution < -0.4 is 5.32 Å². The highest BCUT2D eigenvalue weighted by atomic mass is 15.3. The lowest BCUT2D eigenvalue weighted by Gasteiger charge is -2.29. The molecule has 0 spiro atoms. The molecule has 0 saturated heterocycles. The fourth-order valence-corrected chi connectivity index (χ4v) is 3.09. The normalized spacial score (nSPS) is 18.3. The lowest BCUT2D eigenvalue weighted by molar-refractivity contribution is 0.269. The molecule has 0 atom stereocenters. The first-order chi connectivity index (χ1) is 8.79. The van der Waals surface area contributed by atoms with Crippen LogP contribution in [0.4, 0.5) is 0 Å². The van der Waals surface area contributed by atoms with Gasteiger partial charge in [0.1, 0.15) is 12.2 Å². The van der Waals surface area contributed by atoms with Crippen LogP contribution in [0.15, 0.2) is 6.33 Å². The molecule has 4 heteroatoms. The van der Waals surface area contributed by atoms with Gasteiger partial charge in [0.05, 0.1) is 0 Å². The number of nitrogens with one attached hydrogen (secondary N) is 1. The van der Waals surface area contributed by atoms with E-state index in [0.29, 0.717) is 5.41 Å². The fraction of sp³-hybridized carbons (Fsp3) is 0.857. The molecule has 1 aliphatic carbocycles. The standard InChI is InChI=1S/C14H26N4/c1-3-9-18-13(16-12-17-18)10-14(11-15-4-2)7-5-6-8-14/h12,15H,3-11H2,1-2H3. The molecule has 1 aromatic heterocycles. The maximum Gasteiger partial charge on any atom is 0.138 e. The Labute approximate surface area is 110 Å². The molecule has 0 aliphatic heterocycles. The Morgan fingerprint density at radius 3 is 2.78 bits per heavy atom. The predicted octanol–water partition coefficient (Wildman–Crippen LogP) is 2.40. The Kier molecular flexibility index (Phi) is 4.75. The second kappa shape index (κ2) is 6.32. The van der Waals surface area contributed by atoms with Crippen molar-refractivity contribution >= 4 is 0 Å². The second-order valence-corrected chi connectivity index (χ2v) is 5.56. The Hall–Kier alpha value is -0.900. The maximum absolute atomic E-state index is 4.48. The molecule has 1 aromatic rings. The van der Waals surface area contributed by atoms with E-state index in [2.05, 4.69) is 33.9 Å². The van der Waals surface area contributed by atoms with Crippen molar-refractivity contribution in [2.75, 3.05) is 13.1 Å². The molecule has 4 nitrogen and oxygen atoms in total. The molecule has 1 fully saturated rings. The van der Waals surface area contributed by atoms with Crippen LogP contribution in [0.25, 0.3) is 0 Å². The molecule has 0 bridgehead atoms. The number of aryl methyl sites for hydroxylation is 1. The van der Waals surface area contributed by atoms with Crippen LogP contribution in [-0.4, -0.2) is 27.9 Å². The van der Waals surface area contributed by atoms with E-state index < -0.39 is 0 Å². The molecule has 0 radical (unpaired) electrons. The molecular weight excluding hydrogens is 224 g/mol. The molecule has 1 N–H and O–H groups in total. The van der Waals surface area contributed by atoms with E-state index >= 15 is 0 Å². The van der Waals surface area contributed by atoms with E-state index in [9.17, 15) is 0 Å². The van der Waals surface area contributed by atoms with Gasteiger partial charge in [-0.15, -0.1) is 0 Å². The van der Waals surface area contributed by atoms with E-state index in [0.717, 1.165) is 32.5 Å². The van der Waals surface area contributed by atoms with Crippen LogP contribution in [-0.2, 0) is 13.0 Å². The summed E-state index contributed by atoms with van der Waals surface area (Å²) in [5, 5.41) is 7.88. The Balaban J connectivity index is 2.05. The highest BCUT2D eigenvalue weighted by molar-refractivity contribution is 4.97. The highest BCUT2D eigenvalue weighted by Crippen LogP contribution is 2.40. The quantitative estimate of drug-likeness (QED) is 0.808. The molecule has 2 rings (SSSR count). The third kappa shape index (κ3) is 3.10. The van der Waals surface area contributed by atoms with Gasteiger partial charge < -0.3 is 5.32 Å². The molecule has 1 aliphatic rings. The van der Waals surface area contributed by atoms with E-state index in [-0.39, 0.29) is 0 Å². The number of hydrogen-bond donors (Lipinski definition) is 1. The summed E-state index contributed by atoms with van der Waals surface area (Å²) in [5.41, 5.74) is 0.425. The summed E-state index contributed by atoms with van der Waals surface area (Å²) in [6.07, 6.45) is 9.32. The van der Waals surface area contributed by atoms with Crippen LogP contribution >= 0.6 is 0 Å². The topological polar surface area (TPSA) is 42.7 Å². The summed E-state index contributed by atoms with van der Waals surface area (Å²) >= 11 is 0. The summed E-state index contributed by atoms with van der Waals surface area (Å²) in [4.78, 5) is 4.48. The largest absolute Gasteiger partial charge is 0.316 e. The second-order valence-electron chi connectivity index (χ2n) is 5.56. The van der Waals surface area contributed by atoms with Gasteiger partial charge in [0.15, 0.2) is 0 Å². The zero-order chi connectivity index (χ0) is 12.8. The first-order valence-electron chi connectivity index (χ1n) is 7.37. The van der Waals surface area contributed by atoms with Gasteiger partial charge in [-0.3, -0.25) is 4.68 Å². The number of aromatic nitrogens is 3. The summed E-state index contributed by atoms with van der Waals surface area (Å²) in [7, 11) is 0. The molecule has 0 aromatic carbocycles. The van der Waals surface area contributed by atoms with Gasteiger partial charge in [-0.2, -0.15) is 5.10 Å². The molecule has 1 saturated carbocycles. The van der Waals surface area contributed by atoms with Gasteiger partial charge >= 0.3 is 0 Å². The third-order valence-electron chi connectivity index (χ3n) is 4.08. The monoisotopic (exact) mass is 250 g/mol. The number of hydrogen-bond acceptors (Lipinski definition) is 3. The van der Waals surface area contributed by atoms with E-state index in [1.54, 1.807) is 6.33 Å². The van der Waals surface area contributed by atoms with Crippen molar-refractivity contribution in [3.8, 4) is 0 Å². The first kappa shape index (κ1) is 13.5. The lowest BCUT2D eigenvalue weighted by Crippen LogP contribution is -2.34. The first-order valence-corrected chi connectivity index (χ1v) is 7.37. The van der Waals surface area contributed by atoms with Crippen molar-refractivity contribution in [1.82, 2.24) is 20.1 Å². The summed E-state index contributed by atoms with van der Waals surface area (Å²) in [5.74, 6) is 1.18. The average Bonchev–Trinajstić information content (AvgIpc) is 2.99. The number of nitrogens with zero attached hydrogens (tertiary/aromatic N) is 3. The van der Waals surface area contributed by atoms with Crippen LogP contribution in [0.5, 0.6) is 0 Å². The zero-order valence-electron chi connectivity index (χ0n) is 11.8. The summed E-state index contributed by atoms with van der Waals surface area (Å²) in [6.45, 7) is 7.55. The van der Waals surface area contributed by atoms with Gasteiger partial charge in [0, 0.05) is 19.5 Å². The number of rotatable bonds is 7.